The van der Waals surface area contributed by atoms with Crippen molar-refractivity contribution >= 4 is 11.5 Å². The summed E-state index contributed by atoms with van der Waals surface area (Å²) in [6, 6.07) is 10.0. The average molecular weight is 352 g/mol. The Balaban J connectivity index is 1.86. The zero-order valence-electron chi connectivity index (χ0n) is 15.4. The van der Waals surface area contributed by atoms with E-state index in [9.17, 15) is 5.11 Å². The molecule has 3 heterocycles. The van der Waals surface area contributed by atoms with Crippen LogP contribution in [0.5, 0.6) is 5.75 Å². The molecule has 1 atom stereocenters. The van der Waals surface area contributed by atoms with E-state index in [-0.39, 0.29) is 6.10 Å². The summed E-state index contributed by atoms with van der Waals surface area (Å²) in [5, 5.41) is 14.8. The smallest absolute Gasteiger partial charge is 0.165 e. The molecule has 1 aromatic carbocycles. The highest BCUT2D eigenvalue weighted by atomic mass is 16.5. The standard InChI is InChI=1S/C20H24N4O2/c1-13-11-18(23-10-4-5-16(25)12-23)24-20(21-13)19(14(2)22-24)15-6-8-17(26-3)9-7-15/h6-9,11,16,25H,4-5,10,12H2,1-3H3/t16-/m1/s1. The van der Waals surface area contributed by atoms with E-state index in [1.54, 1.807) is 7.11 Å². The maximum Gasteiger partial charge on any atom is 0.165 e. The van der Waals surface area contributed by atoms with Crippen molar-refractivity contribution in [3.05, 3.63) is 41.7 Å². The minimum Gasteiger partial charge on any atom is -0.497 e. The Kier molecular flexibility index (Phi) is 4.28. The van der Waals surface area contributed by atoms with Gasteiger partial charge in [0, 0.05) is 30.4 Å². The molecule has 1 N–H and O–H groups in total. The number of nitrogens with zero attached hydrogens (tertiary/aromatic N) is 4. The molecular weight excluding hydrogens is 328 g/mol. The van der Waals surface area contributed by atoms with Crippen molar-refractivity contribution < 1.29 is 9.84 Å². The highest BCUT2D eigenvalue weighted by molar-refractivity contribution is 5.81. The predicted molar refractivity (Wildman–Crippen MR) is 102 cm³/mol. The van der Waals surface area contributed by atoms with Crippen LogP contribution in [0, 0.1) is 13.8 Å². The third kappa shape index (κ3) is 2.90. The predicted octanol–water partition coefficient (Wildman–Crippen LogP) is 2.98. The van der Waals surface area contributed by atoms with Gasteiger partial charge in [-0.05, 0) is 44.4 Å². The largest absolute Gasteiger partial charge is 0.497 e. The van der Waals surface area contributed by atoms with Crippen molar-refractivity contribution in [1.82, 2.24) is 14.6 Å². The Morgan fingerprint density at radius 1 is 1.19 bits per heavy atom. The highest BCUT2D eigenvalue weighted by Gasteiger charge is 2.23. The number of anilines is 1. The van der Waals surface area contributed by atoms with Gasteiger partial charge in [-0.1, -0.05) is 12.1 Å². The number of rotatable bonds is 3. The summed E-state index contributed by atoms with van der Waals surface area (Å²) in [4.78, 5) is 6.98. The Hall–Kier alpha value is -2.60. The Bertz CT molecular complexity index is 933. The van der Waals surface area contributed by atoms with Crippen LogP contribution >= 0.6 is 0 Å². The molecule has 0 aliphatic carbocycles. The van der Waals surface area contributed by atoms with Gasteiger partial charge in [-0.25, -0.2) is 4.98 Å². The second-order valence-corrected chi connectivity index (χ2v) is 6.92. The highest BCUT2D eigenvalue weighted by Crippen LogP contribution is 2.32. The summed E-state index contributed by atoms with van der Waals surface area (Å²) in [5.41, 5.74) is 4.84. The Labute approximate surface area is 153 Å². The molecule has 1 aliphatic heterocycles. The lowest BCUT2D eigenvalue weighted by molar-refractivity contribution is 0.153. The van der Waals surface area contributed by atoms with E-state index in [1.165, 1.54) is 0 Å². The molecule has 1 aliphatic rings. The van der Waals surface area contributed by atoms with Crippen molar-refractivity contribution in [3.63, 3.8) is 0 Å². The number of β-amino-alcohol motifs (C(OH)–C–C–N with tert-alkyl or cyclic N) is 1. The molecule has 6 heteroatoms. The van der Waals surface area contributed by atoms with E-state index in [2.05, 4.69) is 11.0 Å². The second-order valence-electron chi connectivity index (χ2n) is 6.92. The molecule has 4 rings (SSSR count). The average Bonchev–Trinajstić information content (AvgIpc) is 2.97. The lowest BCUT2D eigenvalue weighted by Gasteiger charge is -2.32. The number of fused-ring (bicyclic) bond motifs is 1. The van der Waals surface area contributed by atoms with Gasteiger partial charge in [-0.15, -0.1) is 0 Å². The van der Waals surface area contributed by atoms with Gasteiger partial charge >= 0.3 is 0 Å². The van der Waals surface area contributed by atoms with Crippen LogP contribution in [0.15, 0.2) is 30.3 Å². The molecule has 2 aromatic heterocycles. The Morgan fingerprint density at radius 2 is 1.96 bits per heavy atom. The van der Waals surface area contributed by atoms with E-state index in [1.807, 2.05) is 42.6 Å². The normalized spacial score (nSPS) is 17.7. The van der Waals surface area contributed by atoms with E-state index >= 15 is 0 Å². The minimum atomic E-state index is -0.287. The van der Waals surface area contributed by atoms with Crippen molar-refractivity contribution in [2.45, 2.75) is 32.8 Å². The molecule has 6 nitrogen and oxygen atoms in total. The number of piperidine rings is 1. The molecule has 0 unspecified atom stereocenters. The van der Waals surface area contributed by atoms with Gasteiger partial charge in [0.15, 0.2) is 5.65 Å². The van der Waals surface area contributed by atoms with E-state index < -0.39 is 0 Å². The Morgan fingerprint density at radius 3 is 2.65 bits per heavy atom. The van der Waals surface area contributed by atoms with Crippen molar-refractivity contribution in [1.29, 1.82) is 0 Å². The monoisotopic (exact) mass is 352 g/mol. The van der Waals surface area contributed by atoms with Gasteiger partial charge in [0.2, 0.25) is 0 Å². The van der Waals surface area contributed by atoms with E-state index in [0.29, 0.717) is 6.54 Å². The zero-order valence-corrected chi connectivity index (χ0v) is 15.4. The van der Waals surface area contributed by atoms with Gasteiger partial charge in [-0.3, -0.25) is 0 Å². The number of aliphatic hydroxyl groups is 1. The van der Waals surface area contributed by atoms with Gasteiger partial charge in [0.25, 0.3) is 0 Å². The molecule has 0 radical (unpaired) electrons. The fraction of sp³-hybridized carbons (Fsp3) is 0.400. The number of hydrogen-bond donors (Lipinski definition) is 1. The summed E-state index contributed by atoms with van der Waals surface area (Å²) >= 11 is 0. The van der Waals surface area contributed by atoms with Crippen LogP contribution in [0.2, 0.25) is 0 Å². The summed E-state index contributed by atoms with van der Waals surface area (Å²) in [6.07, 6.45) is 1.55. The molecule has 0 bridgehead atoms. The summed E-state index contributed by atoms with van der Waals surface area (Å²) in [6.45, 7) is 5.57. The third-order valence-electron chi connectivity index (χ3n) is 4.97. The fourth-order valence-corrected chi connectivity index (χ4v) is 3.71. The quantitative estimate of drug-likeness (QED) is 0.785. The number of hydrogen-bond acceptors (Lipinski definition) is 5. The maximum absolute atomic E-state index is 10.1. The third-order valence-corrected chi connectivity index (χ3v) is 4.97. The number of aryl methyl sites for hydroxylation is 2. The first-order chi connectivity index (χ1) is 12.6. The van der Waals surface area contributed by atoms with Gasteiger partial charge in [0.1, 0.15) is 11.6 Å². The van der Waals surface area contributed by atoms with Crippen LogP contribution in [0.25, 0.3) is 16.8 Å². The summed E-state index contributed by atoms with van der Waals surface area (Å²) in [7, 11) is 1.67. The first-order valence-corrected chi connectivity index (χ1v) is 9.01. The van der Waals surface area contributed by atoms with Gasteiger partial charge in [-0.2, -0.15) is 9.61 Å². The topological polar surface area (TPSA) is 62.9 Å². The number of methoxy groups -OCH3 is 1. The number of aromatic nitrogens is 3. The van der Waals surface area contributed by atoms with Crippen LogP contribution in [-0.2, 0) is 0 Å². The number of benzene rings is 1. The van der Waals surface area contributed by atoms with Crippen molar-refractivity contribution in [3.8, 4) is 16.9 Å². The molecule has 26 heavy (non-hydrogen) atoms. The summed E-state index contributed by atoms with van der Waals surface area (Å²) < 4.78 is 7.18. The number of aliphatic hydroxyl groups excluding tert-OH is 1. The van der Waals surface area contributed by atoms with Crippen LogP contribution < -0.4 is 9.64 Å². The van der Waals surface area contributed by atoms with Crippen LogP contribution in [0.1, 0.15) is 24.2 Å². The van der Waals surface area contributed by atoms with Gasteiger partial charge < -0.3 is 14.7 Å². The molecule has 0 amide bonds. The molecule has 0 spiro atoms. The number of ether oxygens (including phenoxy) is 1. The molecule has 1 saturated heterocycles. The minimum absolute atomic E-state index is 0.287. The molecular formula is C20H24N4O2. The lowest BCUT2D eigenvalue weighted by atomic mass is 10.1. The molecule has 3 aromatic rings. The summed E-state index contributed by atoms with van der Waals surface area (Å²) in [5.74, 6) is 1.82. The van der Waals surface area contributed by atoms with E-state index in [4.69, 9.17) is 14.8 Å². The molecule has 0 saturated carbocycles. The van der Waals surface area contributed by atoms with E-state index in [0.717, 1.165) is 59.1 Å². The van der Waals surface area contributed by atoms with Crippen LogP contribution in [0.4, 0.5) is 5.82 Å². The lowest BCUT2D eigenvalue weighted by Crippen LogP contribution is -2.39. The SMILES string of the molecule is COc1ccc(-c2c(C)nn3c(N4CCC[C@@H](O)C4)cc(C)nc23)cc1. The first-order valence-electron chi connectivity index (χ1n) is 9.01. The molecule has 136 valence electrons. The molecule has 1 fully saturated rings. The zero-order chi connectivity index (χ0) is 18.3. The fourth-order valence-electron chi connectivity index (χ4n) is 3.71. The van der Waals surface area contributed by atoms with Crippen LogP contribution in [-0.4, -0.2) is 46.0 Å². The van der Waals surface area contributed by atoms with Crippen molar-refractivity contribution in [2.75, 3.05) is 25.1 Å². The second kappa shape index (κ2) is 6.61. The van der Waals surface area contributed by atoms with Crippen molar-refractivity contribution in [2.24, 2.45) is 0 Å². The van der Waals surface area contributed by atoms with Gasteiger partial charge in [0.05, 0.1) is 18.9 Å². The first kappa shape index (κ1) is 16.8. The maximum atomic E-state index is 10.1. The van der Waals surface area contributed by atoms with Crippen LogP contribution in [0.3, 0.4) is 0 Å².